The van der Waals surface area contributed by atoms with Gasteiger partial charge in [-0.25, -0.2) is 4.98 Å². The van der Waals surface area contributed by atoms with E-state index in [4.69, 9.17) is 31.8 Å². The summed E-state index contributed by atoms with van der Waals surface area (Å²) in [6.07, 6.45) is 8.18. The van der Waals surface area contributed by atoms with Gasteiger partial charge < -0.3 is 9.30 Å². The Kier molecular flexibility index (Phi) is 7.69. The van der Waals surface area contributed by atoms with Crippen LogP contribution in [0, 0.1) is 22.7 Å². The number of rotatable bonds is 9. The minimum atomic E-state index is -0.0152. The molecule has 3 aromatic carbocycles. The van der Waals surface area contributed by atoms with Crippen LogP contribution in [-0.2, 0) is 0 Å². The van der Waals surface area contributed by atoms with Crippen molar-refractivity contribution < 1.29 is 4.74 Å². The summed E-state index contributed by atoms with van der Waals surface area (Å²) in [4.78, 5) is 4.72. The van der Waals surface area contributed by atoms with Crippen LogP contribution in [-0.4, -0.2) is 16.2 Å². The monoisotopic (exact) mass is 516 g/mol. The van der Waals surface area contributed by atoms with Gasteiger partial charge in [0, 0.05) is 28.4 Å². The second-order valence-corrected chi connectivity index (χ2v) is 9.44. The third-order valence-electron chi connectivity index (χ3n) is 6.51. The van der Waals surface area contributed by atoms with Gasteiger partial charge in [-0.3, -0.25) is 0 Å². The van der Waals surface area contributed by atoms with Crippen molar-refractivity contribution in [1.82, 2.24) is 9.55 Å². The zero-order chi connectivity index (χ0) is 26.3. The molecule has 0 saturated carbocycles. The largest absolute Gasteiger partial charge is 0.477 e. The Morgan fingerprint density at radius 3 is 2.66 bits per heavy atom. The zero-order valence-corrected chi connectivity index (χ0v) is 21.5. The molecule has 6 heteroatoms. The molecule has 0 fully saturated rings. The average molecular weight is 517 g/mol. The predicted molar refractivity (Wildman–Crippen MR) is 153 cm³/mol. The maximum atomic E-state index is 9.17. The number of ether oxygens (including phenoxy) is 1. The summed E-state index contributed by atoms with van der Waals surface area (Å²) in [5.41, 5.74) is 4.85. The van der Waals surface area contributed by atoms with Gasteiger partial charge in [0.25, 0.3) is 0 Å². The van der Waals surface area contributed by atoms with Crippen molar-refractivity contribution in [1.29, 1.82) is 10.5 Å². The molecule has 0 radical (unpaired) electrons. The number of nitrogens with zero attached hydrogens (tertiary/aromatic N) is 4. The van der Waals surface area contributed by atoms with E-state index in [1.807, 2.05) is 54.6 Å². The van der Waals surface area contributed by atoms with E-state index in [0.717, 1.165) is 51.5 Å². The number of unbranched alkanes of at least 4 members (excludes halogenated alkanes) is 1. The third kappa shape index (κ3) is 5.54. The lowest BCUT2D eigenvalue weighted by molar-refractivity contribution is 0.369. The molecule has 0 aliphatic carbocycles. The van der Waals surface area contributed by atoms with Gasteiger partial charge in [-0.2, -0.15) is 10.5 Å². The Balaban J connectivity index is 1.49. The molecule has 1 unspecified atom stereocenters. The molecule has 5 rings (SSSR count). The molecular formula is C32H25ClN4O. The molecular weight excluding hydrogens is 492 g/mol. The smallest absolute Gasteiger partial charge is 0.174 e. The Bertz CT molecular complexity index is 1710. The highest BCUT2D eigenvalue weighted by Gasteiger charge is 2.18. The number of halogens is 1. The average Bonchev–Trinajstić information content (AvgIpc) is 3.37. The SMILES string of the molecule is N#CCCCC(c1cccc(/C=C/c2ccc3ccc(Cl)cc3n2)c1)n1ccc2cccc(OCC#N)c21. The van der Waals surface area contributed by atoms with Crippen molar-refractivity contribution in [3.8, 4) is 17.9 Å². The molecule has 5 aromatic rings. The van der Waals surface area contributed by atoms with Crippen LogP contribution in [0.1, 0.15) is 42.1 Å². The van der Waals surface area contributed by atoms with Crippen molar-refractivity contribution in [3.05, 3.63) is 107 Å². The summed E-state index contributed by atoms with van der Waals surface area (Å²) in [6.45, 7) is -0.0152. The highest BCUT2D eigenvalue weighted by atomic mass is 35.5. The fourth-order valence-corrected chi connectivity index (χ4v) is 4.93. The van der Waals surface area contributed by atoms with Crippen LogP contribution in [0.3, 0.4) is 0 Å². The predicted octanol–water partition coefficient (Wildman–Crippen LogP) is 8.20. The summed E-state index contributed by atoms with van der Waals surface area (Å²) in [5.74, 6) is 0.679. The van der Waals surface area contributed by atoms with E-state index in [1.165, 1.54) is 0 Å². The molecule has 0 amide bonds. The number of aromatic nitrogens is 2. The van der Waals surface area contributed by atoms with Crippen molar-refractivity contribution in [3.63, 3.8) is 0 Å². The number of fused-ring (bicyclic) bond motifs is 2. The highest BCUT2D eigenvalue weighted by molar-refractivity contribution is 6.31. The van der Waals surface area contributed by atoms with Gasteiger partial charge >= 0.3 is 0 Å². The van der Waals surface area contributed by atoms with E-state index < -0.39 is 0 Å². The minimum absolute atomic E-state index is 0.00183. The Labute approximate surface area is 226 Å². The minimum Gasteiger partial charge on any atom is -0.477 e. The van der Waals surface area contributed by atoms with Gasteiger partial charge in [0.1, 0.15) is 11.8 Å². The first kappa shape index (κ1) is 25.1. The van der Waals surface area contributed by atoms with Crippen LogP contribution in [0.4, 0.5) is 0 Å². The van der Waals surface area contributed by atoms with Crippen LogP contribution in [0.15, 0.2) is 85.1 Å². The topological polar surface area (TPSA) is 74.6 Å². The quantitative estimate of drug-likeness (QED) is 0.185. The van der Waals surface area contributed by atoms with Crippen LogP contribution >= 0.6 is 11.6 Å². The molecule has 2 aromatic heterocycles. The van der Waals surface area contributed by atoms with Crippen molar-refractivity contribution in [2.75, 3.05) is 6.61 Å². The Hall–Kier alpha value is -4.58. The molecule has 186 valence electrons. The van der Waals surface area contributed by atoms with Crippen molar-refractivity contribution in [2.24, 2.45) is 0 Å². The molecule has 0 aliphatic heterocycles. The fraction of sp³-hybridized carbons (Fsp3) is 0.156. The molecule has 0 spiro atoms. The molecule has 0 aliphatic rings. The number of para-hydroxylation sites is 1. The molecule has 0 N–H and O–H groups in total. The van der Waals surface area contributed by atoms with E-state index in [-0.39, 0.29) is 12.6 Å². The lowest BCUT2D eigenvalue weighted by Crippen LogP contribution is -2.11. The van der Waals surface area contributed by atoms with Gasteiger partial charge in [-0.05, 0) is 66.4 Å². The molecule has 1 atom stereocenters. The maximum Gasteiger partial charge on any atom is 0.174 e. The second kappa shape index (κ2) is 11.6. The molecule has 0 saturated heterocycles. The van der Waals surface area contributed by atoms with Crippen LogP contribution < -0.4 is 4.74 Å². The third-order valence-corrected chi connectivity index (χ3v) is 6.75. The zero-order valence-electron chi connectivity index (χ0n) is 20.7. The van der Waals surface area contributed by atoms with Crippen LogP contribution in [0.5, 0.6) is 5.75 Å². The van der Waals surface area contributed by atoms with Gasteiger partial charge in [0.2, 0.25) is 0 Å². The fourth-order valence-electron chi connectivity index (χ4n) is 4.76. The molecule has 2 heterocycles. The van der Waals surface area contributed by atoms with E-state index in [2.05, 4.69) is 59.3 Å². The number of hydrogen-bond donors (Lipinski definition) is 0. The summed E-state index contributed by atoms with van der Waals surface area (Å²) >= 11 is 6.15. The first-order valence-electron chi connectivity index (χ1n) is 12.5. The standard InChI is InChI=1S/C32H25ClN4O/c33-27-13-11-24-12-15-28(36-29(24)22-27)14-10-23-5-3-7-26(21-23)30(8-1-2-17-34)37-19-16-25-6-4-9-31(32(25)37)38-20-18-35/h3-7,9-16,19,21-22,30H,1-2,8,20H2/b14-10+. The first-order valence-corrected chi connectivity index (χ1v) is 12.8. The van der Waals surface area contributed by atoms with E-state index >= 15 is 0 Å². The van der Waals surface area contributed by atoms with Crippen LogP contribution in [0.25, 0.3) is 34.0 Å². The summed E-state index contributed by atoms with van der Waals surface area (Å²) in [6, 6.07) is 30.4. The van der Waals surface area contributed by atoms with E-state index in [0.29, 0.717) is 17.2 Å². The van der Waals surface area contributed by atoms with Crippen molar-refractivity contribution >= 4 is 45.6 Å². The first-order chi connectivity index (χ1) is 18.7. The lowest BCUT2D eigenvalue weighted by Gasteiger charge is -2.22. The summed E-state index contributed by atoms with van der Waals surface area (Å²) < 4.78 is 7.97. The summed E-state index contributed by atoms with van der Waals surface area (Å²) in [7, 11) is 0. The van der Waals surface area contributed by atoms with E-state index in [9.17, 15) is 0 Å². The highest BCUT2D eigenvalue weighted by Crippen LogP contribution is 2.34. The number of nitriles is 2. The second-order valence-electron chi connectivity index (χ2n) is 9.01. The van der Waals surface area contributed by atoms with Gasteiger partial charge in [0.05, 0.1) is 28.8 Å². The maximum absolute atomic E-state index is 9.17. The number of benzene rings is 3. The van der Waals surface area contributed by atoms with Gasteiger partial charge in [-0.15, -0.1) is 0 Å². The number of pyridine rings is 1. The van der Waals surface area contributed by atoms with Crippen molar-refractivity contribution in [2.45, 2.75) is 25.3 Å². The molecule has 5 nitrogen and oxygen atoms in total. The molecule has 0 bridgehead atoms. The Morgan fingerprint density at radius 2 is 1.79 bits per heavy atom. The molecule has 38 heavy (non-hydrogen) atoms. The number of hydrogen-bond acceptors (Lipinski definition) is 4. The van der Waals surface area contributed by atoms with E-state index in [1.54, 1.807) is 0 Å². The van der Waals surface area contributed by atoms with Gasteiger partial charge in [0.15, 0.2) is 6.61 Å². The lowest BCUT2D eigenvalue weighted by atomic mass is 9.98. The Morgan fingerprint density at radius 1 is 0.921 bits per heavy atom. The van der Waals surface area contributed by atoms with Gasteiger partial charge in [-0.1, -0.05) is 60.1 Å². The summed E-state index contributed by atoms with van der Waals surface area (Å²) in [5, 5.41) is 21.0. The normalized spacial score (nSPS) is 12.0. The van der Waals surface area contributed by atoms with Crippen LogP contribution in [0.2, 0.25) is 5.02 Å².